The second-order valence-electron chi connectivity index (χ2n) is 16.3. The maximum Gasteiger partial charge on any atom is 0.164 e. The summed E-state index contributed by atoms with van der Waals surface area (Å²) in [6.07, 6.45) is 3.69. The molecule has 0 aliphatic heterocycles. The Morgan fingerprint density at radius 3 is 1.87 bits per heavy atom. The second-order valence-corrected chi connectivity index (χ2v) is 16.3. The van der Waals surface area contributed by atoms with Crippen molar-refractivity contribution >= 4 is 49.2 Å². The van der Waals surface area contributed by atoms with E-state index in [1.807, 2.05) is 56.3 Å². The molecule has 13 rings (SSSR count). The summed E-state index contributed by atoms with van der Waals surface area (Å²) in [4.78, 5) is 15.2. The lowest BCUT2D eigenvalue weighted by atomic mass is 9.89. The Bertz CT molecular complexity index is 3520. The van der Waals surface area contributed by atoms with Crippen molar-refractivity contribution in [2.75, 3.05) is 0 Å². The zero-order valence-electron chi connectivity index (χ0n) is 35.0. The lowest BCUT2D eigenvalue weighted by Gasteiger charge is -2.20. The van der Waals surface area contributed by atoms with Crippen molar-refractivity contribution in [3.05, 3.63) is 211 Å². The molecule has 5 nitrogen and oxygen atoms in total. The van der Waals surface area contributed by atoms with Crippen LogP contribution in [0.4, 0.5) is 0 Å². The van der Waals surface area contributed by atoms with Crippen LogP contribution in [-0.2, 0) is 0 Å². The molecule has 11 aromatic rings. The predicted octanol–water partition coefficient (Wildman–Crippen LogP) is 15.1. The number of furan rings is 1. The fraction of sp³-hybridized carbons (Fsp3) is 0.0862. The molecule has 8 aromatic carbocycles. The van der Waals surface area contributed by atoms with Gasteiger partial charge in [-0.05, 0) is 64.6 Å². The lowest BCUT2D eigenvalue weighted by Crippen LogP contribution is -2.07. The average Bonchev–Trinajstić information content (AvgIpc) is 3.92. The Kier molecular flexibility index (Phi) is 8.75. The highest BCUT2D eigenvalue weighted by molar-refractivity contribution is 6.12. The molecule has 0 radical (unpaired) electrons. The number of nitrogens with zero attached hydrogens (tertiary/aromatic N) is 4. The standard InChI is InChI=1S/C56H36N4O.C2H6/c1-3-15-35(16-4-1)54-57-55(36-17-5-2-6-18-36)59-56(58-54)39-21-12-22-41(31-39)60-51-42-23-8-7-14-34(42)28-29-46(51)50-47-32-40(47)33-48(52(50)60)38-20-11-19-37(30-38)43-25-13-26-45-44-24-9-10-27-49(44)61-53(43)45;1-2/h1-31,33,40,47H,32H2;1-2H3. The number of allylic oxidation sites excluding steroid dienone is 1. The first-order valence-electron chi connectivity index (χ1n) is 22.0. The molecule has 2 atom stereocenters. The van der Waals surface area contributed by atoms with Crippen LogP contribution >= 0.6 is 0 Å². The van der Waals surface area contributed by atoms with E-state index in [1.165, 1.54) is 44.1 Å². The molecule has 2 aliphatic carbocycles. The van der Waals surface area contributed by atoms with Gasteiger partial charge < -0.3 is 8.98 Å². The van der Waals surface area contributed by atoms with Gasteiger partial charge in [0.25, 0.3) is 0 Å². The van der Waals surface area contributed by atoms with E-state index in [0.717, 1.165) is 61.9 Å². The highest BCUT2D eigenvalue weighted by Crippen LogP contribution is 2.59. The van der Waals surface area contributed by atoms with Crippen molar-refractivity contribution in [1.82, 2.24) is 19.5 Å². The smallest absolute Gasteiger partial charge is 0.164 e. The zero-order chi connectivity index (χ0) is 42.0. The SMILES string of the molecule is C1=C(c2cccc(-c3cccc4c3oc3ccccc34)c2)c2c(c3ccc4ccccc4c3n2-c2cccc(-c3nc(-c4ccccc4)nc(-c4ccccc4)n3)c2)C2CC12.CC. The largest absolute Gasteiger partial charge is 0.455 e. The van der Waals surface area contributed by atoms with Gasteiger partial charge in [-0.3, -0.25) is 0 Å². The zero-order valence-corrected chi connectivity index (χ0v) is 35.0. The molecule has 1 saturated carbocycles. The van der Waals surface area contributed by atoms with Gasteiger partial charge in [0.05, 0.1) is 11.2 Å². The third-order valence-corrected chi connectivity index (χ3v) is 12.7. The van der Waals surface area contributed by atoms with Gasteiger partial charge in [0, 0.05) is 55.1 Å². The van der Waals surface area contributed by atoms with E-state index in [-0.39, 0.29) is 0 Å². The molecular formula is C58H42N4O. The predicted molar refractivity (Wildman–Crippen MR) is 259 cm³/mol. The third-order valence-electron chi connectivity index (χ3n) is 12.7. The molecule has 3 aromatic heterocycles. The Labute approximate surface area is 365 Å². The summed E-state index contributed by atoms with van der Waals surface area (Å²) in [5.41, 5.74) is 14.3. The van der Waals surface area contributed by atoms with Crippen LogP contribution < -0.4 is 0 Å². The molecule has 1 fully saturated rings. The molecule has 2 aliphatic rings. The van der Waals surface area contributed by atoms with E-state index in [2.05, 4.69) is 156 Å². The van der Waals surface area contributed by atoms with Crippen molar-refractivity contribution < 1.29 is 4.42 Å². The first kappa shape index (κ1) is 36.9. The number of hydrogen-bond acceptors (Lipinski definition) is 4. The van der Waals surface area contributed by atoms with Gasteiger partial charge in [-0.2, -0.15) is 0 Å². The van der Waals surface area contributed by atoms with Crippen LogP contribution in [0.3, 0.4) is 0 Å². The minimum absolute atomic E-state index is 0.477. The Balaban J connectivity index is 0.00000208. The number of fused-ring (bicyclic) bond motifs is 10. The minimum Gasteiger partial charge on any atom is -0.455 e. The summed E-state index contributed by atoms with van der Waals surface area (Å²) < 4.78 is 9.07. The number of hydrogen-bond donors (Lipinski definition) is 0. The molecule has 0 spiro atoms. The molecule has 0 amide bonds. The van der Waals surface area contributed by atoms with Gasteiger partial charge in [-0.15, -0.1) is 0 Å². The number of para-hydroxylation sites is 2. The molecule has 300 valence electrons. The number of aromatic nitrogens is 4. The van der Waals surface area contributed by atoms with E-state index in [0.29, 0.717) is 29.3 Å². The summed E-state index contributed by atoms with van der Waals surface area (Å²) in [5.74, 6) is 2.90. The van der Waals surface area contributed by atoms with E-state index in [9.17, 15) is 0 Å². The van der Waals surface area contributed by atoms with Crippen LogP contribution in [0.1, 0.15) is 43.0 Å². The summed E-state index contributed by atoms with van der Waals surface area (Å²) in [7, 11) is 0. The third kappa shape index (κ3) is 6.11. The minimum atomic E-state index is 0.477. The summed E-state index contributed by atoms with van der Waals surface area (Å²) >= 11 is 0. The van der Waals surface area contributed by atoms with Gasteiger partial charge in [-0.1, -0.05) is 184 Å². The van der Waals surface area contributed by atoms with Crippen LogP contribution in [0.5, 0.6) is 0 Å². The second kappa shape index (κ2) is 14.9. The quantitative estimate of drug-likeness (QED) is 0.168. The molecule has 2 unspecified atom stereocenters. The molecular weight excluding hydrogens is 769 g/mol. The fourth-order valence-corrected chi connectivity index (χ4v) is 9.78. The van der Waals surface area contributed by atoms with Crippen molar-refractivity contribution in [1.29, 1.82) is 0 Å². The molecule has 0 N–H and O–H groups in total. The number of benzene rings is 8. The maximum atomic E-state index is 6.54. The molecule has 5 heteroatoms. The van der Waals surface area contributed by atoms with E-state index >= 15 is 0 Å². The average molecular weight is 811 g/mol. The Morgan fingerprint density at radius 2 is 1.10 bits per heavy atom. The monoisotopic (exact) mass is 810 g/mol. The van der Waals surface area contributed by atoms with Gasteiger partial charge in [0.1, 0.15) is 11.2 Å². The van der Waals surface area contributed by atoms with Gasteiger partial charge in [0.15, 0.2) is 17.5 Å². The molecule has 3 heterocycles. The van der Waals surface area contributed by atoms with Gasteiger partial charge in [0.2, 0.25) is 0 Å². The maximum absolute atomic E-state index is 6.54. The summed E-state index contributed by atoms with van der Waals surface area (Å²) in [6.45, 7) is 4.00. The van der Waals surface area contributed by atoms with Crippen LogP contribution in [0, 0.1) is 5.92 Å². The van der Waals surface area contributed by atoms with Crippen molar-refractivity contribution in [2.45, 2.75) is 26.2 Å². The van der Waals surface area contributed by atoms with E-state index in [1.54, 1.807) is 0 Å². The van der Waals surface area contributed by atoms with Crippen molar-refractivity contribution in [2.24, 2.45) is 5.92 Å². The highest BCUT2D eigenvalue weighted by Gasteiger charge is 2.45. The van der Waals surface area contributed by atoms with Crippen LogP contribution in [0.25, 0.3) is 100 Å². The normalized spacial score (nSPS) is 15.2. The molecule has 0 bridgehead atoms. The Morgan fingerprint density at radius 1 is 0.492 bits per heavy atom. The molecule has 63 heavy (non-hydrogen) atoms. The Hall–Kier alpha value is -7.89. The molecule has 0 saturated heterocycles. The van der Waals surface area contributed by atoms with Crippen molar-refractivity contribution in [3.63, 3.8) is 0 Å². The fourth-order valence-electron chi connectivity index (χ4n) is 9.78. The number of rotatable bonds is 6. The first-order valence-corrected chi connectivity index (χ1v) is 22.0. The van der Waals surface area contributed by atoms with Gasteiger partial charge in [-0.25, -0.2) is 15.0 Å². The van der Waals surface area contributed by atoms with Crippen molar-refractivity contribution in [3.8, 4) is 51.0 Å². The van der Waals surface area contributed by atoms with Crippen LogP contribution in [0.2, 0.25) is 0 Å². The summed E-state index contributed by atoms with van der Waals surface area (Å²) in [5, 5.41) is 6.05. The highest BCUT2D eigenvalue weighted by atomic mass is 16.3. The van der Waals surface area contributed by atoms with Crippen LogP contribution in [-0.4, -0.2) is 19.5 Å². The topological polar surface area (TPSA) is 56.7 Å². The lowest BCUT2D eigenvalue weighted by molar-refractivity contribution is 0.670. The van der Waals surface area contributed by atoms with E-state index < -0.39 is 0 Å². The van der Waals surface area contributed by atoms with Gasteiger partial charge >= 0.3 is 0 Å². The van der Waals surface area contributed by atoms with Crippen LogP contribution in [0.15, 0.2) is 199 Å². The summed E-state index contributed by atoms with van der Waals surface area (Å²) in [6, 6.07) is 66.4. The van der Waals surface area contributed by atoms with E-state index in [4.69, 9.17) is 19.4 Å². The first-order chi connectivity index (χ1) is 31.2.